The van der Waals surface area contributed by atoms with Gasteiger partial charge in [-0.05, 0) is 0 Å². The second kappa shape index (κ2) is 14.2. The fourth-order valence-electron chi connectivity index (χ4n) is 3.58. The summed E-state index contributed by atoms with van der Waals surface area (Å²) >= 11 is 0. The van der Waals surface area contributed by atoms with Crippen molar-refractivity contribution in [3.05, 3.63) is 0 Å². The van der Waals surface area contributed by atoms with E-state index in [2.05, 4.69) is 16.0 Å². The van der Waals surface area contributed by atoms with Gasteiger partial charge in [-0.25, -0.2) is 9.18 Å². The topological polar surface area (TPSA) is 170 Å². The minimum Gasteiger partial charge on any atom is -0.465 e. The van der Waals surface area contributed by atoms with Gasteiger partial charge in [-0.15, -0.1) is 12.3 Å². The van der Waals surface area contributed by atoms with Crippen molar-refractivity contribution >= 4 is 35.8 Å². The van der Waals surface area contributed by atoms with Gasteiger partial charge >= 0.3 is 35.7 Å². The molecule has 15 heteroatoms. The number of ether oxygens (including phenoxy) is 6. The number of methoxy groups -OCH3 is 1. The molecule has 1 heterocycles. The predicted octanol–water partition coefficient (Wildman–Crippen LogP) is -0.181. The maximum atomic E-state index is 15.8. The molecular formula is C23H29F2NO12. The summed E-state index contributed by atoms with van der Waals surface area (Å²) in [5, 5.41) is 2.28. The zero-order valence-electron chi connectivity index (χ0n) is 21.3. The number of hydrogen-bond donors (Lipinski definition) is 1. The molecule has 0 spiro atoms. The van der Waals surface area contributed by atoms with Crippen molar-refractivity contribution in [3.8, 4) is 12.3 Å². The lowest BCUT2D eigenvalue weighted by molar-refractivity contribution is -0.298. The zero-order valence-corrected chi connectivity index (χ0v) is 21.3. The molecule has 1 aliphatic rings. The molecule has 13 nitrogen and oxygen atoms in total. The third kappa shape index (κ3) is 8.65. The highest BCUT2D eigenvalue weighted by molar-refractivity contribution is 5.80. The van der Waals surface area contributed by atoms with E-state index in [0.717, 1.165) is 34.8 Å². The van der Waals surface area contributed by atoms with Crippen LogP contribution >= 0.6 is 0 Å². The third-order valence-electron chi connectivity index (χ3n) is 5.01. The number of halogens is 2. The van der Waals surface area contributed by atoms with Crippen LogP contribution < -0.4 is 5.32 Å². The Morgan fingerprint density at radius 2 is 1.63 bits per heavy atom. The van der Waals surface area contributed by atoms with Crippen molar-refractivity contribution in [1.29, 1.82) is 0 Å². The summed E-state index contributed by atoms with van der Waals surface area (Å²) in [7, 11) is 0.717. The van der Waals surface area contributed by atoms with Gasteiger partial charge < -0.3 is 33.7 Å². The van der Waals surface area contributed by atoms with Crippen LogP contribution in [0.15, 0.2) is 0 Å². The molecule has 7 atom stereocenters. The van der Waals surface area contributed by atoms with Gasteiger partial charge in [0.25, 0.3) is 0 Å². The quantitative estimate of drug-likeness (QED) is 0.205. The Morgan fingerprint density at radius 1 is 1.03 bits per heavy atom. The number of terminal acetylenes is 1. The molecule has 1 fully saturated rings. The van der Waals surface area contributed by atoms with Crippen molar-refractivity contribution in [3.63, 3.8) is 0 Å². The number of rotatable bonds is 11. The largest absolute Gasteiger partial charge is 0.465 e. The first kappa shape index (κ1) is 32.2. The summed E-state index contributed by atoms with van der Waals surface area (Å²) in [6, 6.07) is -1.85. The molecule has 0 aliphatic carbocycles. The lowest BCUT2D eigenvalue weighted by Gasteiger charge is -2.47. The number of alkyl halides is 2. The summed E-state index contributed by atoms with van der Waals surface area (Å²) in [4.78, 5) is 71.8. The first-order valence-electron chi connectivity index (χ1n) is 11.1. The normalized spacial score (nSPS) is 25.9. The van der Waals surface area contributed by atoms with Gasteiger partial charge in [0, 0.05) is 40.5 Å². The SMILES string of the molecule is C#CCCC(=O)N[C@H]1C([C@H](OC(C)=O)[C@@H](COC(C)=O)OC(C)=O)O[C@@](F)(C(=O)OC)[C@H](F)[C@@H]1OC(C)=O. The number of hydrogen-bond acceptors (Lipinski definition) is 12. The molecular weight excluding hydrogens is 520 g/mol. The van der Waals surface area contributed by atoms with Gasteiger partial charge in [0.15, 0.2) is 18.3 Å². The molecule has 1 saturated heterocycles. The van der Waals surface area contributed by atoms with Crippen LogP contribution in [-0.2, 0) is 57.2 Å². The van der Waals surface area contributed by atoms with E-state index in [4.69, 9.17) is 30.1 Å². The molecule has 0 saturated carbocycles. The molecule has 0 aromatic heterocycles. The third-order valence-corrected chi connectivity index (χ3v) is 5.01. The average molecular weight is 549 g/mol. The summed E-state index contributed by atoms with van der Waals surface area (Å²) in [6.45, 7) is 2.92. The van der Waals surface area contributed by atoms with Crippen molar-refractivity contribution in [2.45, 2.75) is 83.0 Å². The molecule has 212 valence electrons. The van der Waals surface area contributed by atoms with Crippen LogP contribution in [0.4, 0.5) is 8.78 Å². The number of amides is 1. The van der Waals surface area contributed by atoms with Crippen LogP contribution in [0.3, 0.4) is 0 Å². The monoisotopic (exact) mass is 549 g/mol. The van der Waals surface area contributed by atoms with Crippen LogP contribution in [0.5, 0.6) is 0 Å². The number of nitrogens with one attached hydrogen (secondary N) is 1. The van der Waals surface area contributed by atoms with E-state index in [0.29, 0.717) is 0 Å². The van der Waals surface area contributed by atoms with E-state index in [1.54, 1.807) is 0 Å². The van der Waals surface area contributed by atoms with Gasteiger partial charge in [0.2, 0.25) is 12.1 Å². The summed E-state index contributed by atoms with van der Waals surface area (Å²) in [6.07, 6.45) is -6.34. The minimum atomic E-state index is -3.96. The van der Waals surface area contributed by atoms with E-state index in [-0.39, 0.29) is 12.8 Å². The van der Waals surface area contributed by atoms with Gasteiger partial charge in [0.05, 0.1) is 13.2 Å². The number of carbonyl (C=O) groups excluding carboxylic acids is 6. The smallest absolute Gasteiger partial charge is 0.375 e. The molecule has 1 amide bonds. The van der Waals surface area contributed by atoms with Crippen LogP contribution in [0.25, 0.3) is 0 Å². The van der Waals surface area contributed by atoms with Gasteiger partial charge in [-0.2, -0.15) is 4.39 Å². The van der Waals surface area contributed by atoms with Gasteiger partial charge in [0.1, 0.15) is 12.7 Å². The average Bonchev–Trinajstić information content (AvgIpc) is 2.82. The van der Waals surface area contributed by atoms with Gasteiger partial charge in [-0.3, -0.25) is 24.0 Å². The van der Waals surface area contributed by atoms with Gasteiger partial charge in [-0.1, -0.05) is 0 Å². The lowest BCUT2D eigenvalue weighted by atomic mass is 9.87. The Labute approximate surface area is 216 Å². The first-order chi connectivity index (χ1) is 17.7. The molecule has 1 aliphatic heterocycles. The standard InChI is InChI=1S/C23H29F2NO12/c1-7-8-9-16(31)26-17-19(18(36-13(4)29)15(35-12(3)28)10-34-11(2)27)38-23(25,22(32)33-6)21(24)20(17)37-14(5)30/h1,15,17-21H,8-10H2,2-6H3,(H,26,31)/t15-,17+,18-,19?,20-,21-,23-/m1/s1. The molecule has 1 N–H and O–H groups in total. The molecule has 0 aromatic rings. The highest BCUT2D eigenvalue weighted by Crippen LogP contribution is 2.39. The van der Waals surface area contributed by atoms with E-state index in [1.807, 2.05) is 0 Å². The Hall–Kier alpha value is -3.80. The second-order valence-corrected chi connectivity index (χ2v) is 8.02. The van der Waals surface area contributed by atoms with Crippen LogP contribution in [-0.4, -0.2) is 92.0 Å². The van der Waals surface area contributed by atoms with Crippen molar-refractivity contribution in [2.24, 2.45) is 0 Å². The van der Waals surface area contributed by atoms with Crippen LogP contribution in [0.2, 0.25) is 0 Å². The molecule has 0 radical (unpaired) electrons. The maximum Gasteiger partial charge on any atom is 0.375 e. The van der Waals surface area contributed by atoms with E-state index < -0.39 is 84.8 Å². The number of esters is 5. The minimum absolute atomic E-state index is 0.0769. The van der Waals surface area contributed by atoms with E-state index in [1.165, 1.54) is 0 Å². The predicted molar refractivity (Wildman–Crippen MR) is 119 cm³/mol. The zero-order chi connectivity index (χ0) is 29.2. The summed E-state index contributed by atoms with van der Waals surface area (Å²) < 4.78 is 60.8. The Bertz CT molecular complexity index is 967. The Morgan fingerprint density at radius 3 is 2.11 bits per heavy atom. The van der Waals surface area contributed by atoms with Crippen molar-refractivity contribution in [1.82, 2.24) is 5.32 Å². The lowest BCUT2D eigenvalue weighted by Crippen LogP contribution is -2.72. The highest BCUT2D eigenvalue weighted by atomic mass is 19.2. The summed E-state index contributed by atoms with van der Waals surface area (Å²) in [5.74, 6) is -8.54. The summed E-state index contributed by atoms with van der Waals surface area (Å²) in [5.41, 5.74) is 0. The number of carbonyl (C=O) groups is 6. The van der Waals surface area contributed by atoms with Crippen molar-refractivity contribution < 1.29 is 66.0 Å². The molecule has 0 aromatic carbocycles. The van der Waals surface area contributed by atoms with Crippen LogP contribution in [0, 0.1) is 12.3 Å². The van der Waals surface area contributed by atoms with E-state index >= 15 is 8.78 Å². The molecule has 0 bridgehead atoms. The van der Waals surface area contributed by atoms with Crippen LogP contribution in [0.1, 0.15) is 40.5 Å². The Balaban J connectivity index is 3.79. The maximum absolute atomic E-state index is 15.8. The van der Waals surface area contributed by atoms with E-state index in [9.17, 15) is 28.8 Å². The fraction of sp³-hybridized carbons (Fsp3) is 0.652. The first-order valence-corrected chi connectivity index (χ1v) is 11.1. The highest BCUT2D eigenvalue weighted by Gasteiger charge is 2.65. The fourth-order valence-corrected chi connectivity index (χ4v) is 3.58. The molecule has 1 unspecified atom stereocenters. The van der Waals surface area contributed by atoms with Crippen molar-refractivity contribution in [2.75, 3.05) is 13.7 Å². The molecule has 38 heavy (non-hydrogen) atoms. The Kier molecular flexibility index (Phi) is 12.1. The molecule has 1 rings (SSSR count). The second-order valence-electron chi connectivity index (χ2n) is 8.02.